The predicted octanol–water partition coefficient (Wildman–Crippen LogP) is 1.91. The van der Waals surface area contributed by atoms with Crippen molar-refractivity contribution in [2.75, 3.05) is 32.8 Å². The summed E-state index contributed by atoms with van der Waals surface area (Å²) in [6.07, 6.45) is 2.29. The third-order valence-corrected chi connectivity index (χ3v) is 3.66. The van der Waals surface area contributed by atoms with Gasteiger partial charge in [0.15, 0.2) is 0 Å². The molecule has 0 aliphatic carbocycles. The highest BCUT2D eigenvalue weighted by Crippen LogP contribution is 2.09. The molecule has 1 amide bonds. The lowest BCUT2D eigenvalue weighted by atomic mass is 10.1. The van der Waals surface area contributed by atoms with Crippen LogP contribution in [-0.2, 0) is 9.53 Å². The molecule has 5 nitrogen and oxygen atoms in total. The molecule has 1 aliphatic rings. The minimum atomic E-state index is -0.220. The number of ketones is 1. The van der Waals surface area contributed by atoms with Crippen LogP contribution in [0.25, 0.3) is 0 Å². The highest BCUT2D eigenvalue weighted by atomic mass is 16.6. The standard InChI is InChI=1S/C14H26N2O3/c1-4-6-11-19-14(18)16-9-7-15(8-10-16)12(3)13(17)5-2/h12H,4-11H2,1-3H3/t12-/m1/s1. The van der Waals surface area contributed by atoms with Gasteiger partial charge in [0.2, 0.25) is 0 Å². The smallest absolute Gasteiger partial charge is 0.409 e. The van der Waals surface area contributed by atoms with Crippen LogP contribution in [0.3, 0.4) is 0 Å². The molecule has 1 heterocycles. The number of carbonyl (C=O) groups excluding carboxylic acids is 2. The fraction of sp³-hybridized carbons (Fsp3) is 0.857. The van der Waals surface area contributed by atoms with Crippen LogP contribution in [0, 0.1) is 0 Å². The molecular formula is C14H26N2O3. The summed E-state index contributed by atoms with van der Waals surface area (Å²) in [5, 5.41) is 0. The molecule has 0 spiro atoms. The molecule has 0 aromatic heterocycles. The molecule has 0 bridgehead atoms. The third-order valence-electron chi connectivity index (χ3n) is 3.66. The summed E-state index contributed by atoms with van der Waals surface area (Å²) < 4.78 is 5.19. The molecule has 0 aromatic rings. The summed E-state index contributed by atoms with van der Waals surface area (Å²) in [7, 11) is 0. The van der Waals surface area contributed by atoms with Crippen LogP contribution >= 0.6 is 0 Å². The van der Waals surface area contributed by atoms with E-state index in [9.17, 15) is 9.59 Å². The maximum absolute atomic E-state index is 11.8. The monoisotopic (exact) mass is 270 g/mol. The lowest BCUT2D eigenvalue weighted by Crippen LogP contribution is -2.53. The number of hydrogen-bond donors (Lipinski definition) is 0. The first-order valence-corrected chi connectivity index (χ1v) is 7.28. The Morgan fingerprint density at radius 3 is 2.32 bits per heavy atom. The average Bonchev–Trinajstić information content (AvgIpc) is 2.46. The number of hydrogen-bond acceptors (Lipinski definition) is 4. The topological polar surface area (TPSA) is 49.9 Å². The van der Waals surface area contributed by atoms with Crippen molar-refractivity contribution in [3.8, 4) is 0 Å². The number of ether oxygens (including phenoxy) is 1. The molecule has 19 heavy (non-hydrogen) atoms. The number of Topliss-reactive ketones (excluding diaryl/α,β-unsaturated/α-hetero) is 1. The zero-order valence-corrected chi connectivity index (χ0v) is 12.4. The van der Waals surface area contributed by atoms with Gasteiger partial charge in [0, 0.05) is 32.6 Å². The van der Waals surface area contributed by atoms with Crippen molar-refractivity contribution in [2.24, 2.45) is 0 Å². The maximum Gasteiger partial charge on any atom is 0.409 e. The van der Waals surface area contributed by atoms with Gasteiger partial charge >= 0.3 is 6.09 Å². The summed E-state index contributed by atoms with van der Waals surface area (Å²) in [5.74, 6) is 0.263. The number of nitrogens with zero attached hydrogens (tertiary/aromatic N) is 2. The molecule has 0 radical (unpaired) electrons. The molecule has 1 saturated heterocycles. The van der Waals surface area contributed by atoms with Crippen molar-refractivity contribution in [3.63, 3.8) is 0 Å². The number of rotatable bonds is 6. The second-order valence-corrected chi connectivity index (χ2v) is 4.99. The number of amides is 1. The Balaban J connectivity index is 2.32. The Kier molecular flexibility index (Phi) is 6.84. The first-order chi connectivity index (χ1) is 9.10. The molecule has 0 aromatic carbocycles. The van der Waals surface area contributed by atoms with Gasteiger partial charge in [-0.05, 0) is 13.3 Å². The average molecular weight is 270 g/mol. The van der Waals surface area contributed by atoms with Crippen molar-refractivity contribution in [2.45, 2.75) is 46.1 Å². The van der Waals surface area contributed by atoms with E-state index < -0.39 is 0 Å². The molecule has 110 valence electrons. The summed E-state index contributed by atoms with van der Waals surface area (Å²) in [5.41, 5.74) is 0. The Morgan fingerprint density at radius 1 is 1.16 bits per heavy atom. The number of unbranched alkanes of at least 4 members (excludes halogenated alkanes) is 1. The highest BCUT2D eigenvalue weighted by molar-refractivity contribution is 5.83. The molecule has 1 atom stereocenters. The van der Waals surface area contributed by atoms with E-state index >= 15 is 0 Å². The van der Waals surface area contributed by atoms with E-state index in [-0.39, 0.29) is 17.9 Å². The molecule has 0 N–H and O–H groups in total. The summed E-state index contributed by atoms with van der Waals surface area (Å²) in [4.78, 5) is 27.3. The maximum atomic E-state index is 11.8. The van der Waals surface area contributed by atoms with E-state index in [1.807, 2.05) is 13.8 Å². The molecule has 0 unspecified atom stereocenters. The Labute approximate surface area is 115 Å². The molecule has 1 rings (SSSR count). The van der Waals surface area contributed by atoms with Gasteiger partial charge in [-0.25, -0.2) is 4.79 Å². The number of piperazine rings is 1. The van der Waals surface area contributed by atoms with Gasteiger partial charge in [0.05, 0.1) is 12.6 Å². The van der Waals surface area contributed by atoms with E-state index in [4.69, 9.17) is 4.74 Å². The SMILES string of the molecule is CCCCOC(=O)N1CCN([C@H](C)C(=O)CC)CC1. The Morgan fingerprint density at radius 2 is 1.79 bits per heavy atom. The van der Waals surface area contributed by atoms with Crippen LogP contribution in [0.4, 0.5) is 4.79 Å². The minimum Gasteiger partial charge on any atom is -0.449 e. The van der Waals surface area contributed by atoms with Crippen LogP contribution in [0.2, 0.25) is 0 Å². The quantitative estimate of drug-likeness (QED) is 0.692. The lowest BCUT2D eigenvalue weighted by molar-refractivity contribution is -0.124. The van der Waals surface area contributed by atoms with Crippen molar-refractivity contribution in [1.29, 1.82) is 0 Å². The van der Waals surface area contributed by atoms with Gasteiger partial charge in [-0.15, -0.1) is 0 Å². The van der Waals surface area contributed by atoms with Crippen LogP contribution < -0.4 is 0 Å². The van der Waals surface area contributed by atoms with Gasteiger partial charge in [-0.2, -0.15) is 0 Å². The normalized spacial score (nSPS) is 18.2. The van der Waals surface area contributed by atoms with Crippen molar-refractivity contribution < 1.29 is 14.3 Å². The van der Waals surface area contributed by atoms with Gasteiger partial charge in [0.1, 0.15) is 5.78 Å². The molecule has 1 fully saturated rings. The number of carbonyl (C=O) groups is 2. The zero-order chi connectivity index (χ0) is 14.3. The largest absolute Gasteiger partial charge is 0.449 e. The molecule has 1 aliphatic heterocycles. The second kappa shape index (κ2) is 8.15. The van der Waals surface area contributed by atoms with Gasteiger partial charge in [0.25, 0.3) is 0 Å². The second-order valence-electron chi connectivity index (χ2n) is 4.99. The van der Waals surface area contributed by atoms with E-state index in [1.165, 1.54) is 0 Å². The van der Waals surface area contributed by atoms with Gasteiger partial charge in [-0.1, -0.05) is 20.3 Å². The fourth-order valence-corrected chi connectivity index (χ4v) is 2.19. The highest BCUT2D eigenvalue weighted by Gasteiger charge is 2.27. The molecular weight excluding hydrogens is 244 g/mol. The minimum absolute atomic E-state index is 0.0386. The van der Waals surface area contributed by atoms with Crippen molar-refractivity contribution in [3.05, 3.63) is 0 Å². The van der Waals surface area contributed by atoms with E-state index in [0.29, 0.717) is 26.1 Å². The zero-order valence-electron chi connectivity index (χ0n) is 12.4. The van der Waals surface area contributed by atoms with Gasteiger partial charge in [-0.3, -0.25) is 9.69 Å². The van der Waals surface area contributed by atoms with Crippen LogP contribution in [0.5, 0.6) is 0 Å². The Bertz CT molecular complexity index is 299. The predicted molar refractivity (Wildman–Crippen MR) is 74.2 cm³/mol. The summed E-state index contributed by atoms with van der Waals surface area (Å²) in [6.45, 7) is 9.18. The van der Waals surface area contributed by atoms with Crippen LogP contribution in [0.1, 0.15) is 40.0 Å². The molecule has 5 heteroatoms. The first-order valence-electron chi connectivity index (χ1n) is 7.28. The third kappa shape index (κ3) is 4.82. The lowest BCUT2D eigenvalue weighted by Gasteiger charge is -2.36. The summed E-state index contributed by atoms with van der Waals surface area (Å²) in [6, 6.07) is -0.0386. The Hall–Kier alpha value is -1.10. The van der Waals surface area contributed by atoms with Crippen LogP contribution in [0.15, 0.2) is 0 Å². The van der Waals surface area contributed by atoms with E-state index in [2.05, 4.69) is 11.8 Å². The molecule has 0 saturated carbocycles. The van der Waals surface area contributed by atoms with Crippen molar-refractivity contribution >= 4 is 11.9 Å². The first kappa shape index (κ1) is 16.0. The van der Waals surface area contributed by atoms with Gasteiger partial charge < -0.3 is 9.64 Å². The van der Waals surface area contributed by atoms with E-state index in [0.717, 1.165) is 25.9 Å². The van der Waals surface area contributed by atoms with E-state index in [1.54, 1.807) is 4.90 Å². The van der Waals surface area contributed by atoms with Crippen molar-refractivity contribution in [1.82, 2.24) is 9.80 Å². The fourth-order valence-electron chi connectivity index (χ4n) is 2.19. The summed E-state index contributed by atoms with van der Waals surface area (Å²) >= 11 is 0. The van der Waals surface area contributed by atoms with Crippen LogP contribution in [-0.4, -0.2) is 60.5 Å².